The Bertz CT molecular complexity index is 1370. The summed E-state index contributed by atoms with van der Waals surface area (Å²) in [6.07, 6.45) is 1.00. The summed E-state index contributed by atoms with van der Waals surface area (Å²) in [5, 5.41) is 9.89. The highest BCUT2D eigenvalue weighted by atomic mass is 16.5. The van der Waals surface area contributed by atoms with E-state index in [2.05, 4.69) is 13.0 Å². The third kappa shape index (κ3) is 3.11. The molecule has 0 heterocycles. The minimum Gasteiger partial charge on any atom is -0.469 e. The van der Waals surface area contributed by atoms with Crippen LogP contribution in [0.3, 0.4) is 0 Å². The first-order valence-corrected chi connectivity index (χ1v) is 13.6. The van der Waals surface area contributed by atoms with Gasteiger partial charge in [0, 0.05) is 22.2 Å². The van der Waals surface area contributed by atoms with Crippen molar-refractivity contribution < 1.29 is 24.6 Å². The zero-order valence-corrected chi connectivity index (χ0v) is 23.5. The van der Waals surface area contributed by atoms with Gasteiger partial charge in [0.1, 0.15) is 6.07 Å². The van der Waals surface area contributed by atoms with Crippen LogP contribution < -0.4 is 0 Å². The monoisotopic (exact) mass is 509 g/mol. The summed E-state index contributed by atoms with van der Waals surface area (Å²) in [5.41, 5.74) is -4.80. The van der Waals surface area contributed by atoms with Gasteiger partial charge in [-0.1, -0.05) is 60.1 Å². The van der Waals surface area contributed by atoms with Crippen LogP contribution in [0.25, 0.3) is 0 Å². The van der Waals surface area contributed by atoms with E-state index < -0.39 is 63.0 Å². The lowest BCUT2D eigenvalue weighted by atomic mass is 9.34. The predicted molar refractivity (Wildman–Crippen MR) is 141 cm³/mol. The Morgan fingerprint density at radius 3 is 2.38 bits per heavy atom. The molecule has 0 amide bonds. The van der Waals surface area contributed by atoms with Crippen molar-refractivity contribution in [3.05, 3.63) is 23.3 Å². The topological polar surface area (TPSA) is 84.2 Å². The van der Waals surface area contributed by atoms with E-state index >= 15 is 0 Å². The highest BCUT2D eigenvalue weighted by Crippen LogP contribution is 2.74. The van der Waals surface area contributed by atoms with Crippen LogP contribution in [-0.4, -0.2) is 24.6 Å². The van der Waals surface area contributed by atoms with Gasteiger partial charge in [0.05, 0.1) is 18.1 Å². The van der Waals surface area contributed by atoms with Gasteiger partial charge in [0.15, 0.2) is 11.6 Å². The smallest absolute Gasteiger partial charge is 0.312 e. The summed E-state index contributed by atoms with van der Waals surface area (Å²) in [6, 6.07) is 2.10. The van der Waals surface area contributed by atoms with Crippen molar-refractivity contribution in [1.82, 2.24) is 0 Å². The molecular weight excluding hydrogens is 462 g/mol. The highest BCUT2D eigenvalue weighted by Gasteiger charge is 2.71. The molecule has 5 aliphatic carbocycles. The molecule has 5 heteroatoms. The summed E-state index contributed by atoms with van der Waals surface area (Å²) in [6.45, 7) is 13.1. The number of carbonyl (C=O) groups is 3. The summed E-state index contributed by atoms with van der Waals surface area (Å²) in [7, 11) is 1.25. The Morgan fingerprint density at radius 2 is 1.76 bits per heavy atom. The molecule has 7 atom stereocenters. The number of hydrogen-bond donors (Lipinski definition) is 0. The molecule has 200 valence electrons. The van der Waals surface area contributed by atoms with Gasteiger partial charge in [0.25, 0.3) is 0 Å². The van der Waals surface area contributed by atoms with Gasteiger partial charge in [-0.25, -0.2) is 0 Å². The van der Waals surface area contributed by atoms with Crippen LogP contribution in [0.4, 0.5) is 0 Å². The van der Waals surface area contributed by atoms with E-state index in [0.717, 1.165) is 5.57 Å². The number of nitriles is 1. The average molecular weight is 510 g/mol. The lowest BCUT2D eigenvalue weighted by Crippen LogP contribution is -2.65. The second-order valence-corrected chi connectivity index (χ2v) is 14.0. The summed E-state index contributed by atoms with van der Waals surface area (Å²) >= 11 is 0. The molecule has 3 fully saturated rings. The van der Waals surface area contributed by atoms with Crippen molar-refractivity contribution >= 4 is 17.5 Å². The molecule has 0 N–H and O–H groups in total. The molecule has 3 saturated carbocycles. The number of fused-ring (bicyclic) bond motifs is 7. The van der Waals surface area contributed by atoms with Gasteiger partial charge < -0.3 is 4.74 Å². The Labute approximate surface area is 227 Å². The molecular formula is C32H43NO4. The van der Waals surface area contributed by atoms with Crippen LogP contribution in [0.1, 0.15) is 98.8 Å². The molecule has 0 aliphatic heterocycles. The first-order valence-electron chi connectivity index (χ1n) is 15.6. The number of ether oxygens (including phenoxy) is 1. The van der Waals surface area contributed by atoms with E-state index in [1.807, 2.05) is 27.7 Å². The third-order valence-electron chi connectivity index (χ3n) is 11.6. The zero-order valence-electron chi connectivity index (χ0n) is 27.5. The molecule has 0 unspecified atom stereocenters. The Kier molecular flexibility index (Phi) is 4.50. The number of esters is 1. The number of allylic oxidation sites excluding steroid dienone is 4. The van der Waals surface area contributed by atoms with Crippen molar-refractivity contribution in [2.24, 2.45) is 50.2 Å². The normalized spacial score (nSPS) is 50.0. The second kappa shape index (κ2) is 7.67. The molecule has 0 spiro atoms. The van der Waals surface area contributed by atoms with Crippen LogP contribution >= 0.6 is 0 Å². The Morgan fingerprint density at radius 1 is 1.08 bits per heavy atom. The zero-order chi connectivity index (χ0) is 31.0. The van der Waals surface area contributed by atoms with Crippen LogP contribution in [0.2, 0.25) is 0 Å². The number of hydrogen-bond acceptors (Lipinski definition) is 5. The standard InChI is InChI=1S/C32H43NO4/c1-27(2)11-13-32(26(36)37-8)14-12-31(7)24(20(32)17-27)21(34)15-23-29(5)16-19(18-33)25(35)28(3,4)22(29)9-10-30(23,31)6/h15-16,20,22,24H,9-14,17H2,1-8H3/t20-,22-,24-,29-,30+,31+,32-/m0/s1/i11D2,17D2. The maximum Gasteiger partial charge on any atom is 0.312 e. The van der Waals surface area contributed by atoms with Gasteiger partial charge >= 0.3 is 5.97 Å². The molecule has 0 radical (unpaired) electrons. The van der Waals surface area contributed by atoms with Gasteiger partial charge in [-0.05, 0) is 79.0 Å². The molecule has 0 aromatic carbocycles. The molecule has 0 bridgehead atoms. The Hall–Kier alpha value is -2.22. The fraction of sp³-hybridized carbons (Fsp3) is 0.750. The quantitative estimate of drug-likeness (QED) is 0.383. The van der Waals surface area contributed by atoms with Crippen molar-refractivity contribution in [1.29, 1.82) is 5.26 Å². The molecule has 0 aromatic rings. The van der Waals surface area contributed by atoms with E-state index in [9.17, 15) is 22.4 Å². The van der Waals surface area contributed by atoms with Crippen LogP contribution in [0, 0.1) is 61.6 Å². The number of carbonyl (C=O) groups excluding carboxylic acids is 3. The number of Topliss-reactive ketones (excluding diaryl/α,β-unsaturated/α-hetero) is 1. The number of rotatable bonds is 1. The lowest BCUT2D eigenvalue weighted by molar-refractivity contribution is -0.191. The van der Waals surface area contributed by atoms with Gasteiger partial charge in [0.2, 0.25) is 0 Å². The predicted octanol–water partition coefficient (Wildman–Crippen LogP) is 6.38. The van der Waals surface area contributed by atoms with Gasteiger partial charge in [-0.2, -0.15) is 5.26 Å². The number of methoxy groups -OCH3 is 1. The van der Waals surface area contributed by atoms with E-state index in [1.165, 1.54) is 7.11 Å². The maximum atomic E-state index is 14.6. The number of nitrogens with zero attached hydrogens (tertiary/aromatic N) is 1. The molecule has 5 nitrogen and oxygen atoms in total. The van der Waals surface area contributed by atoms with Crippen molar-refractivity contribution in [3.8, 4) is 6.07 Å². The Balaban J connectivity index is 1.78. The van der Waals surface area contributed by atoms with E-state index in [0.29, 0.717) is 19.3 Å². The van der Waals surface area contributed by atoms with Crippen LogP contribution in [0.5, 0.6) is 0 Å². The molecule has 5 rings (SSSR count). The minimum absolute atomic E-state index is 0.111. The van der Waals surface area contributed by atoms with Crippen molar-refractivity contribution in [2.45, 2.75) is 93.3 Å². The van der Waals surface area contributed by atoms with Crippen LogP contribution in [-0.2, 0) is 19.1 Å². The fourth-order valence-electron chi connectivity index (χ4n) is 9.35. The lowest BCUT2D eigenvalue weighted by Gasteiger charge is -2.68. The summed E-state index contributed by atoms with van der Waals surface area (Å²) in [5.74, 6) is -3.15. The first-order chi connectivity index (χ1) is 18.6. The highest BCUT2D eigenvalue weighted by molar-refractivity contribution is 6.04. The van der Waals surface area contributed by atoms with Gasteiger partial charge in [-0.3, -0.25) is 14.4 Å². The summed E-state index contributed by atoms with van der Waals surface area (Å²) < 4.78 is 42.0. The van der Waals surface area contributed by atoms with Crippen molar-refractivity contribution in [2.75, 3.05) is 7.11 Å². The molecule has 0 saturated heterocycles. The maximum absolute atomic E-state index is 14.6. The molecule has 5 aliphatic rings. The van der Waals surface area contributed by atoms with E-state index in [4.69, 9.17) is 7.48 Å². The molecule has 37 heavy (non-hydrogen) atoms. The van der Waals surface area contributed by atoms with Gasteiger partial charge in [-0.15, -0.1) is 0 Å². The fourth-order valence-corrected chi connectivity index (χ4v) is 9.35. The van der Waals surface area contributed by atoms with E-state index in [1.54, 1.807) is 26.0 Å². The summed E-state index contributed by atoms with van der Waals surface area (Å²) in [4.78, 5) is 41.4. The third-order valence-corrected chi connectivity index (χ3v) is 11.6. The average Bonchev–Trinajstić information content (AvgIpc) is 2.86. The number of ketones is 2. The molecule has 0 aromatic heterocycles. The van der Waals surface area contributed by atoms with E-state index in [-0.39, 0.29) is 35.9 Å². The van der Waals surface area contributed by atoms with Crippen molar-refractivity contribution in [3.63, 3.8) is 0 Å². The largest absolute Gasteiger partial charge is 0.469 e. The first kappa shape index (κ1) is 21.7. The second-order valence-electron chi connectivity index (χ2n) is 14.0. The SMILES string of the molecule is [2H]C1([2H])C[C@]2(C(=O)OC)CC[C@]3(C)[C@H](C(=O)C=C4[C@@]5(C)C=C(C#N)C(=O)C(C)(C)[C@@H]5CC[C@]43C)[C@@H]2C([2H])([2H])C1(C)C. The van der Waals surface area contributed by atoms with Crippen LogP contribution in [0.15, 0.2) is 23.3 Å². The minimum atomic E-state index is -2.21.